The van der Waals surface area contributed by atoms with E-state index in [4.69, 9.17) is 14.4 Å². The molecule has 0 unspecified atom stereocenters. The predicted molar refractivity (Wildman–Crippen MR) is 312 cm³/mol. The SMILES string of the molecule is c1ccc(-c2cccc(-c3cc(-c4ccc5c6ccccc6n(-c6ccccc6)c5c4)nc(-c4c(-n5c6cc7ccccc7cc6c6c7ccccc7ccc65)c5c6ccccc6oc5c5ccccc45)n3)c2)cc1. The van der Waals surface area contributed by atoms with Crippen LogP contribution in [0.1, 0.15) is 0 Å². The number of aromatic nitrogens is 4. The lowest BCUT2D eigenvalue weighted by Crippen LogP contribution is -2.04. The minimum atomic E-state index is 0.617. The molecule has 0 radical (unpaired) electrons. The van der Waals surface area contributed by atoms with Gasteiger partial charge in [-0.3, -0.25) is 0 Å². The quantitative estimate of drug-likeness (QED) is 0.167. The Morgan fingerprint density at radius 2 is 0.907 bits per heavy atom. The number of rotatable bonds is 6. The molecule has 16 rings (SSSR count). The molecule has 5 nitrogen and oxygen atoms in total. The summed E-state index contributed by atoms with van der Waals surface area (Å²) in [4.78, 5) is 11.6. The van der Waals surface area contributed by atoms with Crippen molar-refractivity contribution < 1.29 is 4.42 Å². The van der Waals surface area contributed by atoms with E-state index in [2.05, 4.69) is 264 Å². The van der Waals surface area contributed by atoms with Gasteiger partial charge >= 0.3 is 0 Å². The van der Waals surface area contributed by atoms with Crippen molar-refractivity contribution in [1.29, 1.82) is 0 Å². The minimum Gasteiger partial charge on any atom is -0.455 e. The van der Waals surface area contributed by atoms with Crippen LogP contribution < -0.4 is 0 Å². The Labute approximate surface area is 430 Å². The first-order chi connectivity index (χ1) is 37.2. The van der Waals surface area contributed by atoms with Crippen molar-refractivity contribution in [3.05, 3.63) is 255 Å². The molecular weight excluding hydrogens is 913 g/mol. The fourth-order valence-corrected chi connectivity index (χ4v) is 12.1. The van der Waals surface area contributed by atoms with Crippen molar-refractivity contribution >= 4 is 97.9 Å². The van der Waals surface area contributed by atoms with Gasteiger partial charge in [0.1, 0.15) is 11.2 Å². The minimum absolute atomic E-state index is 0.617. The first-order valence-electron chi connectivity index (χ1n) is 25.6. The Morgan fingerprint density at radius 3 is 1.72 bits per heavy atom. The standard InChI is InChI=1S/C70H42N4O/c1-3-18-43(19-4-1)45-23-17-24-48(38-45)58-42-59(49-34-36-53-52-28-13-15-32-60(52)73(62(53)41-49)50-25-5-2-6-26-50)72-70(71-58)67-54-29-11-12-30-55(54)69-66(56-31-14-16-33-64(56)75-69)68(67)74-61-37-35-44-20-9-10-27-51(44)65(61)57-39-46-21-7-8-22-47(46)40-63(57)74/h1-42H. The van der Waals surface area contributed by atoms with Gasteiger partial charge in [0.25, 0.3) is 0 Å². The number of nitrogens with zero attached hydrogens (tertiary/aromatic N) is 4. The molecule has 0 aliphatic heterocycles. The van der Waals surface area contributed by atoms with Gasteiger partial charge in [-0.25, -0.2) is 9.97 Å². The second-order valence-corrected chi connectivity index (χ2v) is 19.6. The molecule has 0 fully saturated rings. The zero-order valence-electron chi connectivity index (χ0n) is 40.4. The number of fused-ring (bicyclic) bond motifs is 14. The molecule has 0 N–H and O–H groups in total. The first kappa shape index (κ1) is 41.5. The fourth-order valence-electron chi connectivity index (χ4n) is 12.1. The summed E-state index contributed by atoms with van der Waals surface area (Å²) in [7, 11) is 0. The number of hydrogen-bond donors (Lipinski definition) is 0. The average Bonchev–Trinajstić information content (AvgIpc) is 4.15. The summed E-state index contributed by atoms with van der Waals surface area (Å²) in [6.07, 6.45) is 0. The fraction of sp³-hybridized carbons (Fsp3) is 0. The predicted octanol–water partition coefficient (Wildman–Crippen LogP) is 18.7. The molecule has 4 aromatic heterocycles. The van der Waals surface area contributed by atoms with Crippen molar-refractivity contribution in [2.45, 2.75) is 0 Å². The molecular formula is C70H42N4O. The molecule has 0 atom stereocenters. The summed E-state index contributed by atoms with van der Waals surface area (Å²) in [5.74, 6) is 0.617. The summed E-state index contributed by atoms with van der Waals surface area (Å²) in [6.45, 7) is 0. The van der Waals surface area contributed by atoms with Crippen LogP contribution in [0.4, 0.5) is 0 Å². The second kappa shape index (κ2) is 16.2. The normalized spacial score (nSPS) is 12.0. The Bertz CT molecular complexity index is 5010. The van der Waals surface area contributed by atoms with Crippen molar-refractivity contribution in [2.75, 3.05) is 0 Å². The maximum absolute atomic E-state index is 7.06. The third-order valence-corrected chi connectivity index (χ3v) is 15.5. The molecule has 16 aromatic rings. The lowest BCUT2D eigenvalue weighted by molar-refractivity contribution is 0.672. The highest BCUT2D eigenvalue weighted by molar-refractivity contribution is 6.28. The summed E-state index contributed by atoms with van der Waals surface area (Å²) < 4.78 is 11.9. The molecule has 0 aliphatic carbocycles. The van der Waals surface area contributed by atoms with E-state index in [-0.39, 0.29) is 0 Å². The highest BCUT2D eigenvalue weighted by Crippen LogP contribution is 2.49. The van der Waals surface area contributed by atoms with Crippen LogP contribution in [-0.2, 0) is 0 Å². The van der Waals surface area contributed by atoms with Crippen LogP contribution in [0.2, 0.25) is 0 Å². The van der Waals surface area contributed by atoms with Crippen molar-refractivity contribution in [1.82, 2.24) is 19.1 Å². The molecule has 75 heavy (non-hydrogen) atoms. The van der Waals surface area contributed by atoms with Crippen molar-refractivity contribution in [3.63, 3.8) is 0 Å². The zero-order valence-corrected chi connectivity index (χ0v) is 40.4. The van der Waals surface area contributed by atoms with Gasteiger partial charge in [-0.1, -0.05) is 194 Å². The maximum atomic E-state index is 7.06. The highest BCUT2D eigenvalue weighted by Gasteiger charge is 2.28. The molecule has 348 valence electrons. The van der Waals surface area contributed by atoms with Crippen LogP contribution in [0, 0.1) is 0 Å². The lowest BCUT2D eigenvalue weighted by Gasteiger charge is -2.19. The van der Waals surface area contributed by atoms with Gasteiger partial charge < -0.3 is 13.6 Å². The topological polar surface area (TPSA) is 48.8 Å². The van der Waals surface area contributed by atoms with E-state index >= 15 is 0 Å². The third kappa shape index (κ3) is 6.32. The first-order valence-corrected chi connectivity index (χ1v) is 25.6. The summed E-state index contributed by atoms with van der Waals surface area (Å²) in [5, 5.41) is 13.5. The molecule has 0 spiro atoms. The van der Waals surface area contributed by atoms with E-state index < -0.39 is 0 Å². The number of para-hydroxylation sites is 3. The maximum Gasteiger partial charge on any atom is 0.163 e. The van der Waals surface area contributed by atoms with E-state index in [1.54, 1.807) is 0 Å². The van der Waals surface area contributed by atoms with E-state index in [9.17, 15) is 0 Å². The number of hydrogen-bond acceptors (Lipinski definition) is 3. The summed E-state index contributed by atoms with van der Waals surface area (Å²) in [5.41, 5.74) is 15.0. The van der Waals surface area contributed by atoms with Gasteiger partial charge in [0.05, 0.1) is 50.1 Å². The van der Waals surface area contributed by atoms with Crippen LogP contribution in [0.3, 0.4) is 0 Å². The molecule has 12 aromatic carbocycles. The Morgan fingerprint density at radius 1 is 0.307 bits per heavy atom. The molecule has 5 heteroatoms. The monoisotopic (exact) mass is 954 g/mol. The van der Waals surface area contributed by atoms with Crippen molar-refractivity contribution in [3.8, 4) is 56.4 Å². The van der Waals surface area contributed by atoms with Crippen LogP contribution in [-0.4, -0.2) is 19.1 Å². The molecule has 0 bridgehead atoms. The van der Waals surface area contributed by atoms with Crippen LogP contribution in [0.15, 0.2) is 259 Å². The molecule has 4 heterocycles. The van der Waals surface area contributed by atoms with Crippen LogP contribution >= 0.6 is 0 Å². The van der Waals surface area contributed by atoms with Gasteiger partial charge in [-0.15, -0.1) is 0 Å². The van der Waals surface area contributed by atoms with E-state index in [0.29, 0.717) is 5.82 Å². The van der Waals surface area contributed by atoms with Crippen LogP contribution in [0.25, 0.3) is 154 Å². The largest absolute Gasteiger partial charge is 0.455 e. The number of benzene rings is 12. The smallest absolute Gasteiger partial charge is 0.163 e. The third-order valence-electron chi connectivity index (χ3n) is 15.5. The molecule has 0 aliphatic rings. The van der Waals surface area contributed by atoms with Gasteiger partial charge in [-0.05, 0) is 98.7 Å². The van der Waals surface area contributed by atoms with E-state index in [0.717, 1.165) is 111 Å². The van der Waals surface area contributed by atoms with Gasteiger partial charge in [0, 0.05) is 49.1 Å². The number of furan rings is 1. The lowest BCUT2D eigenvalue weighted by atomic mass is 9.95. The van der Waals surface area contributed by atoms with E-state index in [1.807, 2.05) is 0 Å². The van der Waals surface area contributed by atoms with E-state index in [1.165, 1.54) is 37.7 Å². The Hall–Kier alpha value is -10.1. The second-order valence-electron chi connectivity index (χ2n) is 19.6. The van der Waals surface area contributed by atoms with Gasteiger partial charge in [0.2, 0.25) is 0 Å². The van der Waals surface area contributed by atoms with Crippen LogP contribution in [0.5, 0.6) is 0 Å². The van der Waals surface area contributed by atoms with Crippen molar-refractivity contribution in [2.24, 2.45) is 0 Å². The Balaban J connectivity index is 1.07. The average molecular weight is 955 g/mol. The highest BCUT2D eigenvalue weighted by atomic mass is 16.3. The zero-order chi connectivity index (χ0) is 49.1. The summed E-state index contributed by atoms with van der Waals surface area (Å²) >= 11 is 0. The van der Waals surface area contributed by atoms with Gasteiger partial charge in [-0.2, -0.15) is 0 Å². The summed E-state index contributed by atoms with van der Waals surface area (Å²) in [6, 6.07) is 91.5. The molecule has 0 saturated heterocycles. The Kier molecular flexibility index (Phi) is 8.97. The molecule has 0 amide bonds. The molecule has 0 saturated carbocycles. The van der Waals surface area contributed by atoms with Gasteiger partial charge in [0.15, 0.2) is 5.82 Å².